The summed E-state index contributed by atoms with van der Waals surface area (Å²) < 4.78 is 5.51. The van der Waals surface area contributed by atoms with Crippen LogP contribution in [0.4, 0.5) is 5.69 Å². The Morgan fingerprint density at radius 1 is 1.09 bits per heavy atom. The third-order valence-electron chi connectivity index (χ3n) is 5.35. The Morgan fingerprint density at radius 3 is 2.55 bits per heavy atom. The van der Waals surface area contributed by atoms with Crippen molar-refractivity contribution in [2.24, 2.45) is 0 Å². The van der Waals surface area contributed by atoms with E-state index in [4.69, 9.17) is 27.9 Å². The molecule has 2 aromatic carbocycles. The van der Waals surface area contributed by atoms with Crippen molar-refractivity contribution in [1.29, 1.82) is 0 Å². The molecule has 1 aliphatic heterocycles. The number of ketones is 1. The van der Waals surface area contributed by atoms with Crippen molar-refractivity contribution >= 4 is 46.3 Å². The first-order valence-corrected chi connectivity index (χ1v) is 11.0. The summed E-state index contributed by atoms with van der Waals surface area (Å²) in [6.45, 7) is 4.02. The predicted molar refractivity (Wildman–Crippen MR) is 128 cm³/mol. The SMILES string of the molecule is CCOc1cc(/C(O)=C2\C(=O)C(=O)N(c3ccc(C)c(Cl)c3)C2c2ccccn2)ccc1Cl. The van der Waals surface area contributed by atoms with Gasteiger partial charge in [-0.3, -0.25) is 19.5 Å². The van der Waals surface area contributed by atoms with E-state index in [0.717, 1.165) is 5.56 Å². The zero-order valence-electron chi connectivity index (χ0n) is 17.9. The molecule has 0 spiro atoms. The van der Waals surface area contributed by atoms with Crippen LogP contribution < -0.4 is 9.64 Å². The lowest BCUT2D eigenvalue weighted by Crippen LogP contribution is -2.29. The van der Waals surface area contributed by atoms with E-state index in [1.165, 1.54) is 11.0 Å². The van der Waals surface area contributed by atoms with Crippen molar-refractivity contribution in [3.8, 4) is 5.75 Å². The molecule has 1 N–H and O–H groups in total. The molecule has 1 amide bonds. The average molecular weight is 483 g/mol. The predicted octanol–water partition coefficient (Wildman–Crippen LogP) is 5.72. The normalized spacial score (nSPS) is 17.5. The number of amides is 1. The molecule has 1 unspecified atom stereocenters. The first-order valence-electron chi connectivity index (χ1n) is 10.2. The van der Waals surface area contributed by atoms with Gasteiger partial charge in [-0.05, 0) is 61.9 Å². The highest BCUT2D eigenvalue weighted by atomic mass is 35.5. The second-order valence-electron chi connectivity index (χ2n) is 7.44. The van der Waals surface area contributed by atoms with E-state index in [-0.39, 0.29) is 11.3 Å². The van der Waals surface area contributed by atoms with Crippen LogP contribution in [-0.4, -0.2) is 28.4 Å². The number of anilines is 1. The monoisotopic (exact) mass is 482 g/mol. The number of aryl methyl sites for hydroxylation is 1. The van der Waals surface area contributed by atoms with Gasteiger partial charge in [-0.15, -0.1) is 0 Å². The fraction of sp³-hybridized carbons (Fsp3) is 0.160. The first kappa shape index (κ1) is 22.8. The van der Waals surface area contributed by atoms with Gasteiger partial charge in [-0.2, -0.15) is 0 Å². The molecule has 1 saturated heterocycles. The van der Waals surface area contributed by atoms with Gasteiger partial charge in [0.05, 0.1) is 22.9 Å². The third kappa shape index (κ3) is 4.19. The van der Waals surface area contributed by atoms with Gasteiger partial charge in [0.2, 0.25) is 0 Å². The molecule has 168 valence electrons. The molecule has 0 aliphatic carbocycles. The highest BCUT2D eigenvalue weighted by Gasteiger charge is 2.47. The Balaban J connectivity index is 1.93. The minimum atomic E-state index is -0.948. The average Bonchev–Trinajstić information content (AvgIpc) is 3.08. The van der Waals surface area contributed by atoms with Crippen LogP contribution in [0.3, 0.4) is 0 Å². The van der Waals surface area contributed by atoms with E-state index in [9.17, 15) is 14.7 Å². The summed E-state index contributed by atoms with van der Waals surface area (Å²) in [5.74, 6) is -1.60. The summed E-state index contributed by atoms with van der Waals surface area (Å²) >= 11 is 12.5. The Labute approximate surface area is 201 Å². The number of aliphatic hydroxyl groups is 1. The number of pyridine rings is 1. The number of rotatable bonds is 5. The van der Waals surface area contributed by atoms with E-state index in [2.05, 4.69) is 4.98 Å². The second-order valence-corrected chi connectivity index (χ2v) is 8.25. The number of aromatic nitrogens is 1. The fourth-order valence-corrected chi connectivity index (χ4v) is 4.07. The van der Waals surface area contributed by atoms with Gasteiger partial charge in [-0.25, -0.2) is 0 Å². The number of hydrogen-bond acceptors (Lipinski definition) is 5. The molecule has 2 heterocycles. The quantitative estimate of drug-likeness (QED) is 0.285. The molecule has 8 heteroatoms. The smallest absolute Gasteiger partial charge is 0.300 e. The molecule has 0 bridgehead atoms. The van der Waals surface area contributed by atoms with Crippen LogP contribution in [0.15, 0.2) is 66.4 Å². The van der Waals surface area contributed by atoms with E-state index in [1.807, 2.05) is 13.8 Å². The molecular formula is C25H20Cl2N2O4. The zero-order chi connectivity index (χ0) is 23.7. The van der Waals surface area contributed by atoms with Crippen molar-refractivity contribution in [3.63, 3.8) is 0 Å². The summed E-state index contributed by atoms with van der Waals surface area (Å²) in [4.78, 5) is 32.0. The molecule has 0 saturated carbocycles. The van der Waals surface area contributed by atoms with Gasteiger partial charge < -0.3 is 9.84 Å². The molecular weight excluding hydrogens is 463 g/mol. The van der Waals surface area contributed by atoms with E-state index < -0.39 is 17.7 Å². The van der Waals surface area contributed by atoms with Crippen LogP contribution in [-0.2, 0) is 9.59 Å². The van der Waals surface area contributed by atoms with Gasteiger partial charge in [0.1, 0.15) is 17.6 Å². The molecule has 3 aromatic rings. The van der Waals surface area contributed by atoms with Crippen molar-refractivity contribution in [2.75, 3.05) is 11.5 Å². The van der Waals surface area contributed by atoms with Crippen molar-refractivity contribution in [1.82, 2.24) is 4.98 Å². The van der Waals surface area contributed by atoms with Crippen LogP contribution in [0.2, 0.25) is 10.0 Å². The van der Waals surface area contributed by atoms with Crippen molar-refractivity contribution in [3.05, 3.63) is 93.2 Å². The molecule has 4 rings (SSSR count). The number of aliphatic hydroxyl groups excluding tert-OH is 1. The minimum absolute atomic E-state index is 0.0832. The molecule has 1 fully saturated rings. The molecule has 1 atom stereocenters. The number of ether oxygens (including phenoxy) is 1. The van der Waals surface area contributed by atoms with Crippen LogP contribution in [0.25, 0.3) is 5.76 Å². The van der Waals surface area contributed by atoms with Gasteiger partial charge in [0.25, 0.3) is 11.7 Å². The largest absolute Gasteiger partial charge is 0.507 e. The van der Waals surface area contributed by atoms with Crippen molar-refractivity contribution < 1.29 is 19.4 Å². The lowest BCUT2D eigenvalue weighted by molar-refractivity contribution is -0.132. The second kappa shape index (κ2) is 9.25. The van der Waals surface area contributed by atoms with E-state index >= 15 is 0 Å². The maximum Gasteiger partial charge on any atom is 0.300 e. The zero-order valence-corrected chi connectivity index (χ0v) is 19.4. The lowest BCUT2D eigenvalue weighted by Gasteiger charge is -2.25. The highest BCUT2D eigenvalue weighted by molar-refractivity contribution is 6.51. The summed E-state index contributed by atoms with van der Waals surface area (Å²) in [7, 11) is 0. The van der Waals surface area contributed by atoms with Gasteiger partial charge in [0.15, 0.2) is 0 Å². The molecule has 6 nitrogen and oxygen atoms in total. The molecule has 1 aromatic heterocycles. The van der Waals surface area contributed by atoms with E-state index in [0.29, 0.717) is 39.3 Å². The third-order valence-corrected chi connectivity index (χ3v) is 6.07. The van der Waals surface area contributed by atoms with Gasteiger partial charge >= 0.3 is 0 Å². The number of Topliss-reactive ketones (excluding diaryl/α,β-unsaturated/α-hetero) is 1. The summed E-state index contributed by atoms with van der Waals surface area (Å²) in [5, 5.41) is 12.0. The molecule has 0 radical (unpaired) electrons. The topological polar surface area (TPSA) is 79.7 Å². The number of carbonyl (C=O) groups excluding carboxylic acids is 2. The maximum absolute atomic E-state index is 13.2. The van der Waals surface area contributed by atoms with Crippen LogP contribution >= 0.6 is 23.2 Å². The number of hydrogen-bond donors (Lipinski definition) is 1. The van der Waals surface area contributed by atoms with Gasteiger partial charge in [-0.1, -0.05) is 35.3 Å². The number of nitrogens with zero attached hydrogens (tertiary/aromatic N) is 2. The Morgan fingerprint density at radius 2 is 1.88 bits per heavy atom. The minimum Gasteiger partial charge on any atom is -0.507 e. The summed E-state index contributed by atoms with van der Waals surface area (Å²) in [6, 6.07) is 14.0. The van der Waals surface area contributed by atoms with Crippen LogP contribution in [0.5, 0.6) is 5.75 Å². The lowest BCUT2D eigenvalue weighted by atomic mass is 9.98. The van der Waals surface area contributed by atoms with Crippen molar-refractivity contribution in [2.45, 2.75) is 19.9 Å². The summed E-state index contributed by atoms with van der Waals surface area (Å²) in [5.41, 5.74) is 1.89. The molecule has 33 heavy (non-hydrogen) atoms. The summed E-state index contributed by atoms with van der Waals surface area (Å²) in [6.07, 6.45) is 1.56. The maximum atomic E-state index is 13.2. The van der Waals surface area contributed by atoms with Gasteiger partial charge in [0, 0.05) is 22.5 Å². The first-order chi connectivity index (χ1) is 15.8. The number of halogens is 2. The molecule has 1 aliphatic rings. The standard InChI is InChI=1S/C25H20Cl2N2O4/c1-3-33-20-12-15(8-10-17(20)26)23(30)21-22(19-6-4-5-11-28-19)29(25(32)24(21)31)16-9-7-14(2)18(27)13-16/h4-13,22,30H,3H2,1-2H3/b23-21+. The van der Waals surface area contributed by atoms with Crippen LogP contribution in [0, 0.1) is 6.92 Å². The fourth-order valence-electron chi connectivity index (χ4n) is 3.72. The van der Waals surface area contributed by atoms with E-state index in [1.54, 1.807) is 54.7 Å². The Hall–Kier alpha value is -3.35. The van der Waals surface area contributed by atoms with Crippen LogP contribution in [0.1, 0.15) is 29.8 Å². The number of carbonyl (C=O) groups is 2. The Bertz CT molecular complexity index is 1270. The Kier molecular flexibility index (Phi) is 6.40. The highest BCUT2D eigenvalue weighted by Crippen LogP contribution is 2.42. The number of benzene rings is 2.